The van der Waals surface area contributed by atoms with Gasteiger partial charge in [-0.15, -0.1) is 0 Å². The van der Waals surface area contributed by atoms with Crippen molar-refractivity contribution in [3.05, 3.63) is 41.5 Å². The molecule has 18 heavy (non-hydrogen) atoms. The van der Waals surface area contributed by atoms with E-state index in [-0.39, 0.29) is 0 Å². The number of hydrogen-bond acceptors (Lipinski definition) is 2. The lowest BCUT2D eigenvalue weighted by molar-refractivity contribution is 0.234. The number of nitrogens with two attached hydrogens (primary N) is 1. The predicted octanol–water partition coefficient (Wildman–Crippen LogP) is 2.40. The summed E-state index contributed by atoms with van der Waals surface area (Å²) in [5.74, 6) is -0.812. The third kappa shape index (κ3) is 3.62. The fraction of sp³-hybridized carbons (Fsp3) is 0.429. The Morgan fingerprint density at radius 3 is 2.72 bits per heavy atom. The minimum Gasteiger partial charge on any atom is -0.328 e. The number of halogens is 2. The van der Waals surface area contributed by atoms with E-state index >= 15 is 0 Å². The second kappa shape index (κ2) is 6.07. The third-order valence-corrected chi connectivity index (χ3v) is 3.25. The van der Waals surface area contributed by atoms with Crippen molar-refractivity contribution in [3.63, 3.8) is 0 Å². The van der Waals surface area contributed by atoms with Gasteiger partial charge in [0, 0.05) is 18.2 Å². The Morgan fingerprint density at radius 2 is 2.00 bits per heavy atom. The fourth-order valence-corrected chi connectivity index (χ4v) is 2.11. The molecule has 0 unspecified atom stereocenters. The van der Waals surface area contributed by atoms with Crippen LogP contribution < -0.4 is 5.73 Å². The number of hydrogen-bond donors (Lipinski definition) is 1. The highest BCUT2D eigenvalue weighted by Gasteiger charge is 2.14. The molecule has 0 atom stereocenters. The van der Waals surface area contributed by atoms with Crippen LogP contribution in [0.15, 0.2) is 24.3 Å². The van der Waals surface area contributed by atoms with Crippen molar-refractivity contribution in [3.8, 4) is 0 Å². The van der Waals surface area contributed by atoms with Crippen LogP contribution in [0.3, 0.4) is 0 Å². The molecule has 2 rings (SSSR count). The Labute approximate surface area is 106 Å². The summed E-state index contributed by atoms with van der Waals surface area (Å²) in [6.45, 7) is 2.69. The van der Waals surface area contributed by atoms with Crippen molar-refractivity contribution in [2.24, 2.45) is 5.73 Å². The van der Waals surface area contributed by atoms with E-state index in [4.69, 9.17) is 5.73 Å². The van der Waals surface area contributed by atoms with Crippen LogP contribution in [-0.2, 0) is 0 Å². The van der Waals surface area contributed by atoms with Crippen LogP contribution in [0.4, 0.5) is 8.78 Å². The van der Waals surface area contributed by atoms with Crippen molar-refractivity contribution in [2.45, 2.75) is 18.9 Å². The average Bonchev–Trinajstić information content (AvgIpc) is 2.36. The highest BCUT2D eigenvalue weighted by Crippen LogP contribution is 2.12. The molecule has 4 heteroatoms. The summed E-state index contributed by atoms with van der Waals surface area (Å²) < 4.78 is 26.3. The van der Waals surface area contributed by atoms with Gasteiger partial charge >= 0.3 is 0 Å². The minimum atomic E-state index is -0.417. The van der Waals surface area contributed by atoms with Gasteiger partial charge in [-0.25, -0.2) is 8.78 Å². The van der Waals surface area contributed by atoms with Gasteiger partial charge < -0.3 is 5.73 Å². The van der Waals surface area contributed by atoms with Crippen LogP contribution in [0.1, 0.15) is 18.4 Å². The van der Waals surface area contributed by atoms with Gasteiger partial charge in [0.1, 0.15) is 11.6 Å². The Kier molecular flexibility index (Phi) is 4.44. The van der Waals surface area contributed by atoms with Gasteiger partial charge in [-0.2, -0.15) is 0 Å². The van der Waals surface area contributed by atoms with E-state index in [0.717, 1.165) is 44.6 Å². The molecule has 0 aromatic heterocycles. The van der Waals surface area contributed by atoms with Crippen molar-refractivity contribution in [1.82, 2.24) is 4.90 Å². The molecule has 0 bridgehead atoms. The van der Waals surface area contributed by atoms with Crippen LogP contribution in [0, 0.1) is 11.6 Å². The van der Waals surface area contributed by atoms with Gasteiger partial charge in [0.2, 0.25) is 0 Å². The first-order chi connectivity index (χ1) is 8.65. The van der Waals surface area contributed by atoms with E-state index in [0.29, 0.717) is 11.6 Å². The summed E-state index contributed by atoms with van der Waals surface area (Å²) in [5.41, 5.74) is 6.11. The molecule has 0 aliphatic carbocycles. The van der Waals surface area contributed by atoms with Gasteiger partial charge in [0.05, 0.1) is 0 Å². The first-order valence-electron chi connectivity index (χ1n) is 6.24. The largest absolute Gasteiger partial charge is 0.328 e. The smallest absolute Gasteiger partial charge is 0.130 e. The van der Waals surface area contributed by atoms with E-state index in [1.165, 1.54) is 6.07 Å². The molecule has 0 radical (unpaired) electrons. The third-order valence-electron chi connectivity index (χ3n) is 3.25. The quantitative estimate of drug-likeness (QED) is 0.895. The Bertz CT molecular complexity index is 424. The molecular weight excluding hydrogens is 234 g/mol. The molecule has 1 saturated heterocycles. The second-order valence-electron chi connectivity index (χ2n) is 4.71. The molecule has 0 saturated carbocycles. The number of rotatable bonds is 3. The Morgan fingerprint density at radius 1 is 1.28 bits per heavy atom. The molecule has 1 aliphatic heterocycles. The van der Waals surface area contributed by atoms with Crippen molar-refractivity contribution >= 4 is 6.08 Å². The predicted molar refractivity (Wildman–Crippen MR) is 69.0 cm³/mol. The molecule has 2 N–H and O–H groups in total. The lowest BCUT2D eigenvalue weighted by atomic mass is 10.1. The first-order valence-corrected chi connectivity index (χ1v) is 6.24. The maximum atomic E-state index is 13.3. The molecule has 1 aliphatic rings. The van der Waals surface area contributed by atoms with Crippen LogP contribution in [0.5, 0.6) is 0 Å². The summed E-state index contributed by atoms with van der Waals surface area (Å²) in [6.07, 6.45) is 5.51. The molecule has 1 fully saturated rings. The molecular formula is C14H18F2N2. The standard InChI is InChI=1S/C14H18F2N2/c15-12-3-4-14(16)11(10-12)2-1-7-18-8-5-13(17)6-9-18/h1-4,10,13H,5-9,17H2/b2-1+. The molecule has 1 aromatic rings. The topological polar surface area (TPSA) is 29.3 Å². The van der Waals surface area contributed by atoms with Gasteiger partial charge in [-0.1, -0.05) is 12.2 Å². The highest BCUT2D eigenvalue weighted by molar-refractivity contribution is 5.50. The molecule has 0 amide bonds. The van der Waals surface area contributed by atoms with E-state index in [2.05, 4.69) is 4.90 Å². The Balaban J connectivity index is 1.89. The van der Waals surface area contributed by atoms with Gasteiger partial charge in [0.15, 0.2) is 0 Å². The van der Waals surface area contributed by atoms with Crippen LogP contribution in [0.2, 0.25) is 0 Å². The highest BCUT2D eigenvalue weighted by atomic mass is 19.1. The summed E-state index contributed by atoms with van der Waals surface area (Å²) in [5, 5.41) is 0. The zero-order valence-electron chi connectivity index (χ0n) is 10.3. The average molecular weight is 252 g/mol. The summed E-state index contributed by atoms with van der Waals surface area (Å²) in [4.78, 5) is 2.26. The monoisotopic (exact) mass is 252 g/mol. The van der Waals surface area contributed by atoms with Crippen molar-refractivity contribution in [1.29, 1.82) is 0 Å². The van der Waals surface area contributed by atoms with Gasteiger partial charge in [0.25, 0.3) is 0 Å². The lowest BCUT2D eigenvalue weighted by Gasteiger charge is -2.28. The second-order valence-corrected chi connectivity index (χ2v) is 4.71. The lowest BCUT2D eigenvalue weighted by Crippen LogP contribution is -2.39. The van der Waals surface area contributed by atoms with Gasteiger partial charge in [-0.05, 0) is 44.1 Å². The minimum absolute atomic E-state index is 0.295. The number of nitrogens with zero attached hydrogens (tertiary/aromatic N) is 1. The van der Waals surface area contributed by atoms with Crippen molar-refractivity contribution < 1.29 is 8.78 Å². The molecule has 2 nitrogen and oxygen atoms in total. The Hall–Kier alpha value is -1.26. The maximum Gasteiger partial charge on any atom is 0.130 e. The fourth-order valence-electron chi connectivity index (χ4n) is 2.11. The van der Waals surface area contributed by atoms with E-state index in [1.807, 2.05) is 6.08 Å². The zero-order chi connectivity index (χ0) is 13.0. The summed E-state index contributed by atoms with van der Waals surface area (Å²) >= 11 is 0. The molecule has 0 spiro atoms. The zero-order valence-corrected chi connectivity index (χ0v) is 10.3. The molecule has 1 aromatic carbocycles. The first kappa shape index (κ1) is 13.2. The van der Waals surface area contributed by atoms with Crippen molar-refractivity contribution in [2.75, 3.05) is 19.6 Å². The van der Waals surface area contributed by atoms with Gasteiger partial charge in [-0.3, -0.25) is 4.90 Å². The summed E-state index contributed by atoms with van der Waals surface area (Å²) in [7, 11) is 0. The number of likely N-dealkylation sites (tertiary alicyclic amines) is 1. The number of piperidine rings is 1. The number of benzene rings is 1. The summed E-state index contributed by atoms with van der Waals surface area (Å²) in [6, 6.07) is 3.79. The maximum absolute atomic E-state index is 13.3. The van der Waals surface area contributed by atoms with Crippen LogP contribution in [0.25, 0.3) is 6.08 Å². The normalized spacial score (nSPS) is 18.6. The molecule has 98 valence electrons. The SMILES string of the molecule is NC1CCN(C/C=C/c2cc(F)ccc2F)CC1. The molecule has 1 heterocycles. The van der Waals surface area contributed by atoms with Crippen LogP contribution in [-0.4, -0.2) is 30.6 Å². The van der Waals surface area contributed by atoms with E-state index in [1.54, 1.807) is 6.08 Å². The van der Waals surface area contributed by atoms with E-state index in [9.17, 15) is 8.78 Å². The van der Waals surface area contributed by atoms with E-state index < -0.39 is 11.6 Å². The van der Waals surface area contributed by atoms with Crippen LogP contribution >= 0.6 is 0 Å².